The van der Waals surface area contributed by atoms with Gasteiger partial charge in [0.25, 0.3) is 0 Å². The van der Waals surface area contributed by atoms with Gasteiger partial charge in [0.15, 0.2) is 0 Å². The number of nitrogens with zero attached hydrogens (tertiary/aromatic N) is 2. The summed E-state index contributed by atoms with van der Waals surface area (Å²) >= 11 is 5.70. The Hall–Kier alpha value is -0.690. The molecule has 0 aliphatic carbocycles. The third-order valence-corrected chi connectivity index (χ3v) is 5.66. The highest BCUT2D eigenvalue weighted by Crippen LogP contribution is 2.22. The predicted octanol–water partition coefficient (Wildman–Crippen LogP) is 2.58. The molecule has 1 heterocycles. The van der Waals surface area contributed by atoms with E-state index < -0.39 is 15.8 Å². The first-order valence-electron chi connectivity index (χ1n) is 7.33. The molecule has 0 radical (unpaired) electrons. The van der Waals surface area contributed by atoms with Crippen molar-refractivity contribution < 1.29 is 12.8 Å². The van der Waals surface area contributed by atoms with Gasteiger partial charge in [-0.1, -0.05) is 17.7 Å². The minimum Gasteiger partial charge on any atom is -0.299 e. The average molecular weight is 349 g/mol. The van der Waals surface area contributed by atoms with Crippen LogP contribution in [0.15, 0.2) is 18.2 Å². The van der Waals surface area contributed by atoms with E-state index in [9.17, 15) is 12.8 Å². The summed E-state index contributed by atoms with van der Waals surface area (Å²) in [5.74, 6) is -0.0878. The molecular weight excluding hydrogens is 327 g/mol. The number of halogens is 2. The summed E-state index contributed by atoms with van der Waals surface area (Å²) in [6.45, 7) is 2.96. The van der Waals surface area contributed by atoms with Crippen LogP contribution in [0.3, 0.4) is 0 Å². The van der Waals surface area contributed by atoms with Crippen LogP contribution in [0.1, 0.15) is 18.4 Å². The molecule has 124 valence electrons. The molecule has 1 aromatic rings. The summed E-state index contributed by atoms with van der Waals surface area (Å²) in [7, 11) is -1.52. The van der Waals surface area contributed by atoms with Crippen LogP contribution in [-0.2, 0) is 16.6 Å². The minimum atomic E-state index is -3.14. The third kappa shape index (κ3) is 4.91. The fourth-order valence-corrected chi connectivity index (χ4v) is 3.44. The van der Waals surface area contributed by atoms with E-state index in [0.717, 1.165) is 31.5 Å². The zero-order valence-electron chi connectivity index (χ0n) is 12.9. The van der Waals surface area contributed by atoms with E-state index in [4.69, 9.17) is 11.6 Å². The number of benzene rings is 1. The Kier molecular flexibility index (Phi) is 5.82. The van der Waals surface area contributed by atoms with Crippen molar-refractivity contribution >= 4 is 21.6 Å². The smallest absolute Gasteiger partial charge is 0.210 e. The van der Waals surface area contributed by atoms with Gasteiger partial charge in [0, 0.05) is 26.7 Å². The lowest BCUT2D eigenvalue weighted by Gasteiger charge is -2.34. The molecule has 1 aliphatic rings. The third-order valence-electron chi connectivity index (χ3n) is 4.07. The molecule has 0 bridgehead atoms. The van der Waals surface area contributed by atoms with Gasteiger partial charge in [-0.2, -0.15) is 0 Å². The minimum absolute atomic E-state index is 0.134. The highest BCUT2D eigenvalue weighted by molar-refractivity contribution is 7.88. The van der Waals surface area contributed by atoms with Crippen molar-refractivity contribution in [2.45, 2.75) is 19.4 Å². The van der Waals surface area contributed by atoms with E-state index in [0.29, 0.717) is 19.0 Å². The highest BCUT2D eigenvalue weighted by atomic mass is 35.5. The number of hydrogen-bond acceptors (Lipinski definition) is 3. The normalized spacial score (nSPS) is 20.5. The molecule has 4 nitrogen and oxygen atoms in total. The number of hydrogen-bond donors (Lipinski definition) is 0. The first-order chi connectivity index (χ1) is 10.3. The molecule has 22 heavy (non-hydrogen) atoms. The van der Waals surface area contributed by atoms with Crippen LogP contribution < -0.4 is 0 Å². The van der Waals surface area contributed by atoms with Crippen LogP contribution in [0, 0.1) is 11.7 Å². The van der Waals surface area contributed by atoms with E-state index in [1.807, 2.05) is 6.07 Å². The van der Waals surface area contributed by atoms with E-state index >= 15 is 0 Å². The molecule has 0 N–H and O–H groups in total. The van der Waals surface area contributed by atoms with E-state index in [1.54, 1.807) is 13.1 Å². The van der Waals surface area contributed by atoms with Crippen molar-refractivity contribution in [3.05, 3.63) is 34.6 Å². The lowest BCUT2D eigenvalue weighted by molar-refractivity contribution is 0.155. The van der Waals surface area contributed by atoms with Crippen LogP contribution in [0.5, 0.6) is 0 Å². The monoisotopic (exact) mass is 348 g/mol. The molecule has 1 fully saturated rings. The maximum absolute atomic E-state index is 13.5. The molecule has 0 aromatic heterocycles. The number of likely N-dealkylation sites (tertiary alicyclic amines) is 1. The summed E-state index contributed by atoms with van der Waals surface area (Å²) in [5.41, 5.74) is 0.888. The summed E-state index contributed by atoms with van der Waals surface area (Å²) in [6, 6.07) is 4.87. The van der Waals surface area contributed by atoms with Crippen LogP contribution in [0.4, 0.5) is 4.39 Å². The second-order valence-electron chi connectivity index (χ2n) is 6.04. The summed E-state index contributed by atoms with van der Waals surface area (Å²) in [6.07, 6.45) is 3.27. The quantitative estimate of drug-likeness (QED) is 0.821. The van der Waals surface area contributed by atoms with Gasteiger partial charge in [-0.05, 0) is 43.0 Å². The van der Waals surface area contributed by atoms with Gasteiger partial charge in [-0.3, -0.25) is 4.90 Å². The molecule has 2 rings (SSSR count). The molecule has 1 aromatic carbocycles. The van der Waals surface area contributed by atoms with Gasteiger partial charge in [0.2, 0.25) is 10.0 Å². The molecule has 0 amide bonds. The van der Waals surface area contributed by atoms with E-state index in [1.165, 1.54) is 16.6 Å². The Bertz CT molecular complexity index is 624. The maximum Gasteiger partial charge on any atom is 0.210 e. The Balaban J connectivity index is 1.94. The Morgan fingerprint density at radius 2 is 2.18 bits per heavy atom. The molecule has 1 atom stereocenters. The van der Waals surface area contributed by atoms with Crippen LogP contribution in [-0.4, -0.2) is 50.6 Å². The molecule has 7 heteroatoms. The second-order valence-corrected chi connectivity index (χ2v) is 8.53. The summed E-state index contributed by atoms with van der Waals surface area (Å²) < 4.78 is 37.9. The number of piperidine rings is 1. The topological polar surface area (TPSA) is 40.6 Å². The van der Waals surface area contributed by atoms with Gasteiger partial charge >= 0.3 is 0 Å². The molecule has 1 aliphatic heterocycles. The second kappa shape index (κ2) is 7.25. The van der Waals surface area contributed by atoms with Gasteiger partial charge in [0.1, 0.15) is 5.82 Å². The molecule has 0 saturated carbocycles. The number of sulfonamides is 1. The Morgan fingerprint density at radius 1 is 1.45 bits per heavy atom. The maximum atomic E-state index is 13.5. The molecular formula is C15H22ClFN2O2S. The highest BCUT2D eigenvalue weighted by Gasteiger charge is 2.23. The Labute approximate surface area is 136 Å². The first kappa shape index (κ1) is 17.7. The van der Waals surface area contributed by atoms with Crippen LogP contribution in [0.25, 0.3) is 0 Å². The van der Waals surface area contributed by atoms with E-state index in [2.05, 4.69) is 4.90 Å². The summed E-state index contributed by atoms with van der Waals surface area (Å²) in [4.78, 5) is 2.24. The lowest BCUT2D eigenvalue weighted by atomic mass is 9.97. The van der Waals surface area contributed by atoms with Crippen molar-refractivity contribution in [2.75, 3.05) is 32.9 Å². The first-order valence-corrected chi connectivity index (χ1v) is 9.56. The standard InChI is InChI=1S/C15H22ClFN2O2S/c1-18(22(2,20)21)9-13-4-3-7-19(11-13)10-12-5-6-14(16)15(17)8-12/h5-6,8,13H,3-4,7,9-11H2,1-2H3. The molecule has 1 saturated heterocycles. The zero-order chi connectivity index (χ0) is 16.3. The number of rotatable bonds is 5. The van der Waals surface area contributed by atoms with Gasteiger partial charge in [0.05, 0.1) is 11.3 Å². The predicted molar refractivity (Wildman–Crippen MR) is 86.9 cm³/mol. The lowest BCUT2D eigenvalue weighted by Crippen LogP contribution is -2.41. The van der Waals surface area contributed by atoms with Gasteiger partial charge in [-0.25, -0.2) is 17.1 Å². The zero-order valence-corrected chi connectivity index (χ0v) is 14.5. The van der Waals surface area contributed by atoms with Crippen molar-refractivity contribution in [2.24, 2.45) is 5.92 Å². The largest absolute Gasteiger partial charge is 0.299 e. The van der Waals surface area contributed by atoms with Crippen molar-refractivity contribution in [3.8, 4) is 0 Å². The molecule has 1 unspecified atom stereocenters. The van der Waals surface area contributed by atoms with Crippen LogP contribution in [0.2, 0.25) is 5.02 Å². The van der Waals surface area contributed by atoms with Gasteiger partial charge in [-0.15, -0.1) is 0 Å². The molecule has 0 spiro atoms. The van der Waals surface area contributed by atoms with Crippen LogP contribution >= 0.6 is 11.6 Å². The average Bonchev–Trinajstić information content (AvgIpc) is 2.42. The fraction of sp³-hybridized carbons (Fsp3) is 0.600. The van der Waals surface area contributed by atoms with Crippen molar-refractivity contribution in [1.29, 1.82) is 0 Å². The summed E-state index contributed by atoms with van der Waals surface area (Å²) in [5, 5.41) is 0.134. The SMILES string of the molecule is CN(CC1CCCN(Cc2ccc(Cl)c(F)c2)C1)S(C)(=O)=O. The van der Waals surface area contributed by atoms with Crippen molar-refractivity contribution in [3.63, 3.8) is 0 Å². The fourth-order valence-electron chi connectivity index (χ4n) is 2.84. The Morgan fingerprint density at radius 3 is 2.82 bits per heavy atom. The van der Waals surface area contributed by atoms with E-state index in [-0.39, 0.29) is 5.02 Å². The van der Waals surface area contributed by atoms with Gasteiger partial charge < -0.3 is 0 Å². The van der Waals surface area contributed by atoms with Crippen molar-refractivity contribution in [1.82, 2.24) is 9.21 Å².